The fourth-order valence-electron chi connectivity index (χ4n) is 4.36. The minimum atomic E-state index is -0.295. The van der Waals surface area contributed by atoms with Crippen LogP contribution in [-0.4, -0.2) is 52.8 Å². The smallest absolute Gasteiger partial charge is 0.230 e. The fourth-order valence-corrected chi connectivity index (χ4v) is 4.36. The van der Waals surface area contributed by atoms with E-state index in [-0.39, 0.29) is 11.3 Å². The molecule has 5 heteroatoms. The molecule has 2 amide bonds. The lowest BCUT2D eigenvalue weighted by Gasteiger charge is -2.39. The summed E-state index contributed by atoms with van der Waals surface area (Å²) >= 11 is 0. The molecule has 0 unspecified atom stereocenters. The molecule has 1 aliphatic carbocycles. The highest BCUT2D eigenvalue weighted by molar-refractivity contribution is 5.86. The molecule has 0 bridgehead atoms. The monoisotopic (exact) mass is 341 g/mol. The number of hydrogen-bond donors (Lipinski definition) is 0. The first-order valence-electron chi connectivity index (χ1n) is 9.62. The van der Waals surface area contributed by atoms with Gasteiger partial charge in [-0.1, -0.05) is 6.07 Å². The number of rotatable bonds is 5. The lowest BCUT2D eigenvalue weighted by atomic mass is 9.78. The van der Waals surface area contributed by atoms with Crippen molar-refractivity contribution in [1.82, 2.24) is 14.8 Å². The first kappa shape index (κ1) is 16.6. The molecule has 1 saturated carbocycles. The highest BCUT2D eigenvalue weighted by Gasteiger charge is 2.49. The molecule has 1 aromatic heterocycles. The van der Waals surface area contributed by atoms with Crippen molar-refractivity contribution < 1.29 is 9.59 Å². The zero-order chi connectivity index (χ0) is 17.3. The zero-order valence-corrected chi connectivity index (χ0v) is 14.8. The Hall–Kier alpha value is -1.91. The molecule has 1 spiro atoms. The van der Waals surface area contributed by atoms with Gasteiger partial charge < -0.3 is 9.80 Å². The van der Waals surface area contributed by atoms with Gasteiger partial charge in [0.1, 0.15) is 0 Å². The van der Waals surface area contributed by atoms with E-state index in [4.69, 9.17) is 0 Å². The van der Waals surface area contributed by atoms with Crippen LogP contribution in [0.3, 0.4) is 0 Å². The molecule has 3 fully saturated rings. The Balaban J connectivity index is 1.34. The zero-order valence-electron chi connectivity index (χ0n) is 14.8. The molecule has 2 aliphatic heterocycles. The topological polar surface area (TPSA) is 53.5 Å². The second-order valence-electron chi connectivity index (χ2n) is 8.00. The van der Waals surface area contributed by atoms with Crippen LogP contribution in [0.1, 0.15) is 44.1 Å². The van der Waals surface area contributed by atoms with E-state index >= 15 is 0 Å². The molecular weight excluding hydrogens is 314 g/mol. The Kier molecular flexibility index (Phi) is 4.48. The van der Waals surface area contributed by atoms with E-state index in [0.29, 0.717) is 18.9 Å². The summed E-state index contributed by atoms with van der Waals surface area (Å²) in [6, 6.07) is 3.91. The second kappa shape index (κ2) is 6.77. The number of hydrogen-bond acceptors (Lipinski definition) is 3. The van der Waals surface area contributed by atoms with E-state index in [0.717, 1.165) is 56.8 Å². The number of likely N-dealkylation sites (tertiary alicyclic amines) is 2. The van der Waals surface area contributed by atoms with Gasteiger partial charge in [0.2, 0.25) is 11.8 Å². The van der Waals surface area contributed by atoms with Crippen LogP contribution in [0.15, 0.2) is 24.5 Å². The van der Waals surface area contributed by atoms with Crippen molar-refractivity contribution in [3.8, 4) is 0 Å². The van der Waals surface area contributed by atoms with Gasteiger partial charge in [-0.05, 0) is 56.1 Å². The van der Waals surface area contributed by atoms with Crippen molar-refractivity contribution in [3.05, 3.63) is 30.1 Å². The molecular formula is C20H27N3O2. The summed E-state index contributed by atoms with van der Waals surface area (Å²) in [6.07, 6.45) is 10.2. The molecule has 1 aromatic rings. The Labute approximate surface area is 149 Å². The Morgan fingerprint density at radius 2 is 2.16 bits per heavy atom. The van der Waals surface area contributed by atoms with Crippen LogP contribution in [0.25, 0.3) is 0 Å². The van der Waals surface area contributed by atoms with Crippen molar-refractivity contribution in [2.24, 2.45) is 11.3 Å². The Morgan fingerprint density at radius 3 is 2.92 bits per heavy atom. The third-order valence-electron chi connectivity index (χ3n) is 6.06. The predicted octanol–water partition coefficient (Wildman–Crippen LogP) is 2.27. The van der Waals surface area contributed by atoms with Gasteiger partial charge in [-0.15, -0.1) is 0 Å². The second-order valence-corrected chi connectivity index (χ2v) is 8.00. The highest BCUT2D eigenvalue weighted by Crippen LogP contribution is 2.41. The lowest BCUT2D eigenvalue weighted by Crippen LogP contribution is -2.50. The van der Waals surface area contributed by atoms with Gasteiger partial charge in [0.25, 0.3) is 0 Å². The number of carbonyl (C=O) groups is 2. The highest BCUT2D eigenvalue weighted by atomic mass is 16.2. The molecule has 2 saturated heterocycles. The summed E-state index contributed by atoms with van der Waals surface area (Å²) in [7, 11) is 0. The van der Waals surface area contributed by atoms with Crippen LogP contribution in [0.4, 0.5) is 0 Å². The van der Waals surface area contributed by atoms with Crippen molar-refractivity contribution in [2.75, 3.05) is 26.2 Å². The molecule has 3 heterocycles. The number of amides is 2. The average molecular weight is 341 g/mol. The molecule has 4 rings (SSSR count). The molecule has 0 radical (unpaired) electrons. The predicted molar refractivity (Wildman–Crippen MR) is 94.7 cm³/mol. The van der Waals surface area contributed by atoms with Crippen LogP contribution >= 0.6 is 0 Å². The maximum Gasteiger partial charge on any atom is 0.230 e. The summed E-state index contributed by atoms with van der Waals surface area (Å²) in [5, 5.41) is 0. The minimum absolute atomic E-state index is 0.174. The molecule has 1 atom stereocenters. The van der Waals surface area contributed by atoms with Gasteiger partial charge in [-0.3, -0.25) is 14.6 Å². The van der Waals surface area contributed by atoms with E-state index < -0.39 is 0 Å². The van der Waals surface area contributed by atoms with Gasteiger partial charge in [-0.25, -0.2) is 0 Å². The molecule has 0 aromatic carbocycles. The first-order valence-corrected chi connectivity index (χ1v) is 9.62. The number of pyridine rings is 1. The number of piperidine rings is 1. The van der Waals surface area contributed by atoms with Crippen molar-refractivity contribution in [1.29, 1.82) is 0 Å². The molecule has 5 nitrogen and oxygen atoms in total. The summed E-state index contributed by atoms with van der Waals surface area (Å²) in [5.41, 5.74) is 0.797. The van der Waals surface area contributed by atoms with Crippen LogP contribution < -0.4 is 0 Å². The summed E-state index contributed by atoms with van der Waals surface area (Å²) in [4.78, 5) is 33.8. The van der Waals surface area contributed by atoms with Gasteiger partial charge in [0, 0.05) is 45.0 Å². The van der Waals surface area contributed by atoms with Crippen LogP contribution in [0, 0.1) is 11.3 Å². The van der Waals surface area contributed by atoms with E-state index in [1.165, 1.54) is 12.8 Å². The summed E-state index contributed by atoms with van der Waals surface area (Å²) in [6.45, 7) is 3.20. The summed E-state index contributed by atoms with van der Waals surface area (Å²) < 4.78 is 0. The maximum atomic E-state index is 13.0. The standard InChI is InChI=1S/C20H27N3O2/c24-18(7-6-16-3-1-10-21-13-16)23-12-9-20(15-23)8-2-11-22(19(20)25)14-17-4-5-17/h1,3,10,13,17H,2,4-9,11-12,14-15H2/t20-/m1/s1. The van der Waals surface area contributed by atoms with Gasteiger partial charge in [0.15, 0.2) is 0 Å². The Morgan fingerprint density at radius 1 is 1.28 bits per heavy atom. The van der Waals surface area contributed by atoms with Crippen LogP contribution in [0.2, 0.25) is 0 Å². The third-order valence-corrected chi connectivity index (χ3v) is 6.06. The molecule has 3 aliphatic rings. The van der Waals surface area contributed by atoms with E-state index in [9.17, 15) is 9.59 Å². The average Bonchev–Trinajstić information content (AvgIpc) is 3.35. The van der Waals surface area contributed by atoms with Crippen LogP contribution in [-0.2, 0) is 16.0 Å². The van der Waals surface area contributed by atoms with E-state index in [1.807, 2.05) is 23.2 Å². The molecule has 0 N–H and O–H groups in total. The number of aromatic nitrogens is 1. The van der Waals surface area contributed by atoms with Crippen molar-refractivity contribution >= 4 is 11.8 Å². The fraction of sp³-hybridized carbons (Fsp3) is 0.650. The number of nitrogens with zero attached hydrogens (tertiary/aromatic N) is 3. The van der Waals surface area contributed by atoms with Gasteiger partial charge in [0.05, 0.1) is 5.41 Å². The van der Waals surface area contributed by atoms with Gasteiger partial charge in [-0.2, -0.15) is 0 Å². The molecule has 134 valence electrons. The number of aryl methyl sites for hydroxylation is 1. The minimum Gasteiger partial charge on any atom is -0.342 e. The normalized spacial score (nSPS) is 26.5. The largest absolute Gasteiger partial charge is 0.342 e. The Bertz CT molecular complexity index is 644. The first-order chi connectivity index (χ1) is 12.2. The van der Waals surface area contributed by atoms with Crippen molar-refractivity contribution in [3.63, 3.8) is 0 Å². The quantitative estimate of drug-likeness (QED) is 0.825. The SMILES string of the molecule is O=C(CCc1cccnc1)N1CC[C@]2(CCCN(CC3CC3)C2=O)C1. The molecule has 25 heavy (non-hydrogen) atoms. The lowest BCUT2D eigenvalue weighted by molar-refractivity contribution is -0.146. The van der Waals surface area contributed by atoms with E-state index in [2.05, 4.69) is 9.88 Å². The van der Waals surface area contributed by atoms with Crippen LogP contribution in [0.5, 0.6) is 0 Å². The van der Waals surface area contributed by atoms with E-state index in [1.54, 1.807) is 6.20 Å². The van der Waals surface area contributed by atoms with Gasteiger partial charge >= 0.3 is 0 Å². The summed E-state index contributed by atoms with van der Waals surface area (Å²) in [5.74, 6) is 1.22. The maximum absolute atomic E-state index is 13.0. The van der Waals surface area contributed by atoms with Crippen molar-refractivity contribution in [2.45, 2.75) is 44.9 Å². The number of carbonyl (C=O) groups excluding carboxylic acids is 2. The third kappa shape index (κ3) is 3.55.